The van der Waals surface area contributed by atoms with Crippen molar-refractivity contribution in [1.82, 2.24) is 14.9 Å². The normalized spacial score (nSPS) is 18.8. The molecule has 1 aromatic carbocycles. The van der Waals surface area contributed by atoms with Crippen molar-refractivity contribution < 1.29 is 23.5 Å². The number of nitrogens with zero attached hydrogens (tertiary/aromatic N) is 2. The number of nitrogens with one attached hydrogen (secondary N) is 3. The molecule has 1 aliphatic heterocycles. The number of para-hydroxylation sites is 1. The average molecular weight is 463 g/mol. The summed E-state index contributed by atoms with van der Waals surface area (Å²) in [5, 5.41) is 5.97. The average Bonchev–Trinajstić information content (AvgIpc) is 3.47. The van der Waals surface area contributed by atoms with Gasteiger partial charge in [0, 0.05) is 23.1 Å². The van der Waals surface area contributed by atoms with E-state index in [2.05, 4.69) is 20.6 Å². The fourth-order valence-corrected chi connectivity index (χ4v) is 4.05. The van der Waals surface area contributed by atoms with E-state index in [-0.39, 0.29) is 31.1 Å². The molecule has 0 radical (unpaired) electrons. The number of benzene rings is 1. The number of H-pyrrole nitrogens is 1. The molecular formula is C24H22FN5O4. The minimum absolute atomic E-state index is 0.107. The van der Waals surface area contributed by atoms with Crippen LogP contribution in [0.3, 0.4) is 0 Å². The Kier molecular flexibility index (Phi) is 5.48. The molecule has 2 atom stereocenters. The van der Waals surface area contributed by atoms with Crippen LogP contribution in [0.4, 0.5) is 26.4 Å². The molecule has 9 nitrogen and oxygen atoms in total. The summed E-state index contributed by atoms with van der Waals surface area (Å²) in [6.07, 6.45) is 0.0507. The smallest absolute Gasteiger partial charge is 0.410 e. The van der Waals surface area contributed by atoms with Gasteiger partial charge < -0.3 is 20.4 Å². The van der Waals surface area contributed by atoms with Gasteiger partial charge in [0.1, 0.15) is 12.0 Å². The van der Waals surface area contributed by atoms with Gasteiger partial charge >= 0.3 is 6.09 Å². The Morgan fingerprint density at radius 1 is 1.21 bits per heavy atom. The second kappa shape index (κ2) is 8.62. The predicted octanol–water partition coefficient (Wildman–Crippen LogP) is 3.88. The first kappa shape index (κ1) is 21.6. The zero-order valence-electron chi connectivity index (χ0n) is 18.3. The van der Waals surface area contributed by atoms with Gasteiger partial charge in [0.15, 0.2) is 5.78 Å². The lowest BCUT2D eigenvalue weighted by molar-refractivity contribution is -0.117. The van der Waals surface area contributed by atoms with Crippen molar-refractivity contribution >= 4 is 35.0 Å². The summed E-state index contributed by atoms with van der Waals surface area (Å²) in [6.45, 7) is 0.0648. The van der Waals surface area contributed by atoms with Crippen LogP contribution in [-0.4, -0.2) is 52.5 Å². The van der Waals surface area contributed by atoms with Gasteiger partial charge in [-0.05, 0) is 30.7 Å². The highest BCUT2D eigenvalue weighted by Gasteiger charge is 2.43. The lowest BCUT2D eigenvalue weighted by Crippen LogP contribution is -2.39. The van der Waals surface area contributed by atoms with Crippen molar-refractivity contribution in [2.75, 3.05) is 24.3 Å². The van der Waals surface area contributed by atoms with Crippen molar-refractivity contribution in [3.05, 3.63) is 59.9 Å². The number of aromatic nitrogens is 2. The number of ether oxygens (including phenoxy) is 1. The van der Waals surface area contributed by atoms with Crippen LogP contribution in [0, 0.1) is 5.92 Å². The molecule has 2 aliphatic rings. The maximum atomic E-state index is 13.3. The van der Waals surface area contributed by atoms with Gasteiger partial charge in [-0.1, -0.05) is 18.2 Å². The van der Waals surface area contributed by atoms with E-state index in [1.165, 1.54) is 18.2 Å². The molecule has 1 fully saturated rings. The third-order valence-electron chi connectivity index (χ3n) is 5.87. The number of pyridine rings is 1. The highest BCUT2D eigenvalue weighted by Crippen LogP contribution is 2.39. The Morgan fingerprint density at radius 3 is 2.68 bits per heavy atom. The van der Waals surface area contributed by atoms with Gasteiger partial charge in [-0.2, -0.15) is 0 Å². The third-order valence-corrected chi connectivity index (χ3v) is 5.87. The minimum Gasteiger partial charge on any atom is -0.453 e. The molecule has 174 valence electrons. The van der Waals surface area contributed by atoms with Crippen molar-refractivity contribution in [1.29, 1.82) is 0 Å². The second-order valence-electron chi connectivity index (χ2n) is 8.25. The number of alkyl halides is 1. The van der Waals surface area contributed by atoms with Crippen LogP contribution in [-0.2, 0) is 16.1 Å². The van der Waals surface area contributed by atoms with E-state index in [0.29, 0.717) is 28.2 Å². The molecule has 1 unspecified atom stereocenters. The number of aromatic amines is 1. The van der Waals surface area contributed by atoms with Crippen LogP contribution in [0.1, 0.15) is 22.5 Å². The first-order valence-electron chi connectivity index (χ1n) is 10.8. The Balaban J connectivity index is 1.54. The molecule has 0 saturated heterocycles. The van der Waals surface area contributed by atoms with Crippen LogP contribution in [0.25, 0.3) is 11.3 Å². The zero-order chi connectivity index (χ0) is 23.8. The van der Waals surface area contributed by atoms with E-state index < -0.39 is 24.1 Å². The summed E-state index contributed by atoms with van der Waals surface area (Å²) in [7, 11) is 1.27. The lowest BCUT2D eigenvalue weighted by Gasteiger charge is -2.25. The van der Waals surface area contributed by atoms with Crippen molar-refractivity contribution in [2.45, 2.75) is 19.1 Å². The number of hydrogen-bond donors (Lipinski definition) is 3. The van der Waals surface area contributed by atoms with E-state index in [4.69, 9.17) is 4.74 Å². The maximum Gasteiger partial charge on any atom is 0.410 e. The van der Waals surface area contributed by atoms with Gasteiger partial charge in [-0.15, -0.1) is 0 Å². The molecule has 2 aromatic heterocycles. The molecule has 3 N–H and O–H groups in total. The van der Waals surface area contributed by atoms with Gasteiger partial charge in [-0.3, -0.25) is 14.5 Å². The number of Topliss-reactive ketones (excluding diaryl/α,β-unsaturated/α-hetero) is 1. The molecule has 1 aliphatic carbocycles. The number of ketones is 1. The number of carbonyl (C=O) groups excluding carboxylic acids is 3. The number of hydrogen-bond acceptors (Lipinski definition) is 6. The highest BCUT2D eigenvalue weighted by molar-refractivity contribution is 6.09. The summed E-state index contributed by atoms with van der Waals surface area (Å²) in [4.78, 5) is 46.1. The van der Waals surface area contributed by atoms with E-state index in [1.807, 2.05) is 30.3 Å². The van der Waals surface area contributed by atoms with Gasteiger partial charge in [0.2, 0.25) is 5.91 Å². The van der Waals surface area contributed by atoms with Crippen LogP contribution in [0.5, 0.6) is 0 Å². The van der Waals surface area contributed by atoms with E-state index in [1.54, 1.807) is 12.1 Å². The molecule has 34 heavy (non-hydrogen) atoms. The number of anilines is 3. The Bertz CT molecular complexity index is 1280. The van der Waals surface area contributed by atoms with E-state index >= 15 is 0 Å². The minimum atomic E-state index is -1.11. The fraction of sp³-hybridized carbons (Fsp3) is 0.250. The Labute approximate surface area is 194 Å². The van der Waals surface area contributed by atoms with Gasteiger partial charge in [-0.25, -0.2) is 14.2 Å². The van der Waals surface area contributed by atoms with Crippen LogP contribution < -0.4 is 10.6 Å². The fourth-order valence-electron chi connectivity index (χ4n) is 4.05. The Morgan fingerprint density at radius 2 is 1.97 bits per heavy atom. The van der Waals surface area contributed by atoms with E-state index in [0.717, 1.165) is 5.69 Å². The summed E-state index contributed by atoms with van der Waals surface area (Å²) >= 11 is 0. The van der Waals surface area contributed by atoms with Gasteiger partial charge in [0.25, 0.3) is 0 Å². The van der Waals surface area contributed by atoms with E-state index in [9.17, 15) is 18.8 Å². The van der Waals surface area contributed by atoms with Crippen LogP contribution in [0.2, 0.25) is 0 Å². The quantitative estimate of drug-likeness (QED) is 0.529. The number of methoxy groups -OCH3 is 1. The standard InChI is InChI=1S/C24H22FN5O4/c1-34-24(33)30-11-17-20(18(31)12-30)22(27-14-5-3-2-4-6-14)21(28-17)13-7-8-26-19(9-13)29-23(32)15-10-16(15)25/h2-9,15-16,27-28H,10-12H2,1H3,(H,26,29,32)/t15?,16-/m0/s1. The highest BCUT2D eigenvalue weighted by atomic mass is 19.1. The summed E-state index contributed by atoms with van der Waals surface area (Å²) in [6, 6.07) is 12.8. The molecule has 2 amide bonds. The second-order valence-corrected chi connectivity index (χ2v) is 8.25. The van der Waals surface area contributed by atoms with Crippen molar-refractivity contribution in [2.24, 2.45) is 5.92 Å². The maximum absolute atomic E-state index is 13.3. The number of carbonyl (C=O) groups is 3. The summed E-state index contributed by atoms with van der Waals surface area (Å²) in [5.74, 6) is -1.00. The Hall–Kier alpha value is -4.21. The molecule has 5 rings (SSSR count). The molecule has 10 heteroatoms. The topological polar surface area (TPSA) is 116 Å². The first-order chi connectivity index (χ1) is 16.4. The molecule has 0 bridgehead atoms. The largest absolute Gasteiger partial charge is 0.453 e. The SMILES string of the molecule is COC(=O)N1CC(=O)c2c([nH]c(-c3ccnc(NC(=O)C4C[C@@H]4F)c3)c2Nc2ccccc2)C1. The first-order valence-corrected chi connectivity index (χ1v) is 10.8. The molecule has 0 spiro atoms. The predicted molar refractivity (Wildman–Crippen MR) is 123 cm³/mol. The monoisotopic (exact) mass is 463 g/mol. The van der Waals surface area contributed by atoms with Crippen molar-refractivity contribution in [3.63, 3.8) is 0 Å². The van der Waals surface area contributed by atoms with Gasteiger partial charge in [0.05, 0.1) is 43.1 Å². The third kappa shape index (κ3) is 4.09. The summed E-state index contributed by atoms with van der Waals surface area (Å²) < 4.78 is 18.0. The van der Waals surface area contributed by atoms with Crippen molar-refractivity contribution in [3.8, 4) is 11.3 Å². The molecule has 3 aromatic rings. The van der Waals surface area contributed by atoms with Crippen LogP contribution in [0.15, 0.2) is 48.7 Å². The van der Waals surface area contributed by atoms with Crippen LogP contribution >= 0.6 is 0 Å². The number of fused-ring (bicyclic) bond motifs is 1. The summed E-state index contributed by atoms with van der Waals surface area (Å²) in [5.41, 5.74) is 3.62. The lowest BCUT2D eigenvalue weighted by atomic mass is 10.0. The molecular weight excluding hydrogens is 441 g/mol. The molecule has 3 heterocycles. The number of rotatable bonds is 5. The zero-order valence-corrected chi connectivity index (χ0v) is 18.3. The molecule has 1 saturated carbocycles. The number of amides is 2. The number of halogens is 1.